The molecule has 0 fully saturated rings. The summed E-state index contributed by atoms with van der Waals surface area (Å²) >= 11 is 0. The van der Waals surface area contributed by atoms with E-state index in [-0.39, 0.29) is 22.5 Å². The number of benzene rings is 1. The fraction of sp³-hybridized carbons (Fsp3) is 0.611. The first-order valence-corrected chi connectivity index (χ1v) is 7.28. The van der Waals surface area contributed by atoms with Crippen molar-refractivity contribution in [1.29, 1.82) is 0 Å². The van der Waals surface area contributed by atoms with E-state index < -0.39 is 5.41 Å². The van der Waals surface area contributed by atoms with E-state index in [9.17, 15) is 9.90 Å². The first kappa shape index (κ1) is 17.5. The van der Waals surface area contributed by atoms with E-state index in [2.05, 4.69) is 0 Å². The number of hydrogen-bond donors (Lipinski definition) is 1. The first-order valence-electron chi connectivity index (χ1n) is 7.28. The number of hydrogen-bond acceptors (Lipinski definition) is 3. The van der Waals surface area contributed by atoms with Gasteiger partial charge in [-0.2, -0.15) is 0 Å². The van der Waals surface area contributed by atoms with Gasteiger partial charge in [-0.05, 0) is 34.9 Å². The summed E-state index contributed by atoms with van der Waals surface area (Å²) in [6.07, 6.45) is 0. The molecule has 0 heterocycles. The molecule has 1 aromatic carbocycles. The molecule has 1 rings (SSSR count). The lowest BCUT2D eigenvalue weighted by Crippen LogP contribution is -2.45. The van der Waals surface area contributed by atoms with E-state index in [4.69, 9.17) is 4.74 Å². The zero-order chi connectivity index (χ0) is 16.6. The van der Waals surface area contributed by atoms with Crippen molar-refractivity contribution in [3.8, 4) is 5.75 Å². The van der Waals surface area contributed by atoms with Gasteiger partial charge < -0.3 is 9.84 Å². The van der Waals surface area contributed by atoms with Gasteiger partial charge in [0.25, 0.3) is 0 Å². The van der Waals surface area contributed by atoms with Crippen molar-refractivity contribution < 1.29 is 14.6 Å². The van der Waals surface area contributed by atoms with Gasteiger partial charge in [-0.1, -0.05) is 53.7 Å². The van der Waals surface area contributed by atoms with Crippen LogP contribution < -0.4 is 0 Å². The molecule has 3 heteroatoms. The van der Waals surface area contributed by atoms with Gasteiger partial charge in [0.1, 0.15) is 5.75 Å². The lowest BCUT2D eigenvalue weighted by Gasteiger charge is -2.40. The van der Waals surface area contributed by atoms with E-state index >= 15 is 0 Å². The molecule has 0 saturated carbocycles. The largest absolute Gasteiger partial charge is 0.508 e. The van der Waals surface area contributed by atoms with Crippen molar-refractivity contribution >= 4 is 5.97 Å². The Morgan fingerprint density at radius 1 is 1.05 bits per heavy atom. The highest BCUT2D eigenvalue weighted by Crippen LogP contribution is 2.44. The Labute approximate surface area is 128 Å². The van der Waals surface area contributed by atoms with E-state index in [1.807, 2.05) is 60.6 Å². The van der Waals surface area contributed by atoms with Crippen molar-refractivity contribution in [2.24, 2.45) is 5.41 Å². The molecule has 0 aliphatic rings. The first-order chi connectivity index (χ1) is 9.35. The number of ether oxygens (including phenoxy) is 1. The predicted molar refractivity (Wildman–Crippen MR) is 85.6 cm³/mol. The molecule has 0 aliphatic carbocycles. The summed E-state index contributed by atoms with van der Waals surface area (Å²) in [7, 11) is 1.41. The van der Waals surface area contributed by atoms with Gasteiger partial charge in [0, 0.05) is 0 Å². The summed E-state index contributed by atoms with van der Waals surface area (Å²) in [5, 5.41) is 10.1. The van der Waals surface area contributed by atoms with Gasteiger partial charge in [0.15, 0.2) is 0 Å². The maximum atomic E-state index is 12.4. The number of phenolic OH excluding ortho intramolecular Hbond substituents is 1. The number of methoxy groups -OCH3 is 1. The maximum Gasteiger partial charge on any atom is 0.316 e. The molecular formula is C18H28O3. The van der Waals surface area contributed by atoms with Crippen LogP contribution in [0.1, 0.15) is 59.6 Å². The van der Waals surface area contributed by atoms with E-state index in [0.29, 0.717) is 0 Å². The third kappa shape index (κ3) is 3.07. The van der Waals surface area contributed by atoms with Crippen LogP contribution in [-0.2, 0) is 20.4 Å². The summed E-state index contributed by atoms with van der Waals surface area (Å²) in [6.45, 7) is 14.1. The molecule has 0 bridgehead atoms. The third-order valence-corrected chi connectivity index (χ3v) is 4.48. The molecule has 1 atom stereocenters. The number of carbonyl (C=O) groups is 1. The van der Waals surface area contributed by atoms with Gasteiger partial charge in [0.05, 0.1) is 12.5 Å². The van der Waals surface area contributed by atoms with Crippen LogP contribution in [0, 0.1) is 5.41 Å². The fourth-order valence-electron chi connectivity index (χ4n) is 2.51. The average molecular weight is 292 g/mol. The summed E-state index contributed by atoms with van der Waals surface area (Å²) in [6, 6.07) is 5.41. The SMILES string of the molecule is COC(=O)C(C)(c1ccc(O)c(C(C)(C)C)c1)C(C)(C)C. The second-order valence-electron chi connectivity index (χ2n) is 7.85. The summed E-state index contributed by atoms with van der Waals surface area (Å²) in [5.74, 6) is -0.00655. The predicted octanol–water partition coefficient (Wildman–Crippen LogP) is 4.17. The molecule has 1 unspecified atom stereocenters. The molecule has 3 nitrogen and oxygen atoms in total. The molecule has 118 valence electrons. The Morgan fingerprint density at radius 3 is 1.95 bits per heavy atom. The molecule has 0 saturated heterocycles. The number of carbonyl (C=O) groups excluding carboxylic acids is 1. The second kappa shape index (κ2) is 5.36. The van der Waals surface area contributed by atoms with Gasteiger partial charge in [-0.15, -0.1) is 0 Å². The summed E-state index contributed by atoms with van der Waals surface area (Å²) in [4.78, 5) is 12.4. The smallest absolute Gasteiger partial charge is 0.316 e. The highest BCUT2D eigenvalue weighted by molar-refractivity contribution is 5.84. The summed E-state index contributed by atoms with van der Waals surface area (Å²) in [5.41, 5.74) is 0.403. The monoisotopic (exact) mass is 292 g/mol. The minimum Gasteiger partial charge on any atom is -0.508 e. The Bertz CT molecular complexity index is 532. The van der Waals surface area contributed by atoms with Gasteiger partial charge >= 0.3 is 5.97 Å². The Kier molecular flexibility index (Phi) is 4.48. The van der Waals surface area contributed by atoms with Crippen LogP contribution in [-0.4, -0.2) is 18.2 Å². The summed E-state index contributed by atoms with van der Waals surface area (Å²) < 4.78 is 5.05. The van der Waals surface area contributed by atoms with Crippen molar-refractivity contribution in [2.45, 2.75) is 59.3 Å². The molecule has 1 N–H and O–H groups in total. The Morgan fingerprint density at radius 2 is 1.57 bits per heavy atom. The molecular weight excluding hydrogens is 264 g/mol. The molecule has 0 amide bonds. The number of rotatable bonds is 2. The minimum atomic E-state index is -0.782. The highest BCUT2D eigenvalue weighted by atomic mass is 16.5. The van der Waals surface area contributed by atoms with Crippen LogP contribution in [0.15, 0.2) is 18.2 Å². The molecule has 0 aliphatic heterocycles. The van der Waals surface area contributed by atoms with Gasteiger partial charge in [0.2, 0.25) is 0 Å². The average Bonchev–Trinajstić information content (AvgIpc) is 2.34. The maximum absolute atomic E-state index is 12.4. The number of phenols is 1. The third-order valence-electron chi connectivity index (χ3n) is 4.48. The Balaban J connectivity index is 3.59. The highest BCUT2D eigenvalue weighted by Gasteiger charge is 2.47. The van der Waals surface area contributed by atoms with Crippen LogP contribution in [0.2, 0.25) is 0 Å². The van der Waals surface area contributed by atoms with Gasteiger partial charge in [-0.3, -0.25) is 4.79 Å². The quantitative estimate of drug-likeness (QED) is 0.832. The lowest BCUT2D eigenvalue weighted by atomic mass is 9.63. The van der Waals surface area contributed by atoms with Crippen LogP contribution in [0.3, 0.4) is 0 Å². The minimum absolute atomic E-state index is 0.199. The van der Waals surface area contributed by atoms with Gasteiger partial charge in [-0.25, -0.2) is 0 Å². The van der Waals surface area contributed by atoms with E-state index in [1.54, 1.807) is 6.07 Å². The topological polar surface area (TPSA) is 46.5 Å². The molecule has 0 radical (unpaired) electrons. The Hall–Kier alpha value is -1.51. The number of aromatic hydroxyl groups is 1. The van der Waals surface area contributed by atoms with Crippen molar-refractivity contribution in [3.63, 3.8) is 0 Å². The van der Waals surface area contributed by atoms with E-state index in [1.165, 1.54) is 7.11 Å². The van der Waals surface area contributed by atoms with Crippen LogP contribution in [0.25, 0.3) is 0 Å². The lowest BCUT2D eigenvalue weighted by molar-refractivity contribution is -0.151. The van der Waals surface area contributed by atoms with Crippen LogP contribution >= 0.6 is 0 Å². The van der Waals surface area contributed by atoms with Crippen LogP contribution in [0.5, 0.6) is 5.75 Å². The zero-order valence-electron chi connectivity index (χ0n) is 14.5. The van der Waals surface area contributed by atoms with Crippen LogP contribution in [0.4, 0.5) is 0 Å². The standard InChI is InChI=1S/C18H28O3/c1-16(2,3)13-11-12(9-10-14(13)19)18(7,15(20)21-8)17(4,5)6/h9-11,19H,1-8H3. The van der Waals surface area contributed by atoms with E-state index in [0.717, 1.165) is 11.1 Å². The molecule has 21 heavy (non-hydrogen) atoms. The molecule has 0 spiro atoms. The fourth-order valence-corrected chi connectivity index (χ4v) is 2.51. The molecule has 1 aromatic rings. The van der Waals surface area contributed by atoms with Crippen molar-refractivity contribution in [3.05, 3.63) is 29.3 Å². The van der Waals surface area contributed by atoms with Crippen molar-refractivity contribution in [1.82, 2.24) is 0 Å². The van der Waals surface area contributed by atoms with Crippen molar-refractivity contribution in [2.75, 3.05) is 7.11 Å². The second-order valence-corrected chi connectivity index (χ2v) is 7.85. The number of esters is 1. The normalized spacial score (nSPS) is 15.4. The zero-order valence-corrected chi connectivity index (χ0v) is 14.5. The molecule has 0 aromatic heterocycles.